The number of hydrogen-bond donors (Lipinski definition) is 0. The third-order valence-corrected chi connectivity index (χ3v) is 5.63. The van der Waals surface area contributed by atoms with E-state index >= 15 is 0 Å². The van der Waals surface area contributed by atoms with Crippen molar-refractivity contribution in [3.8, 4) is 0 Å². The van der Waals surface area contributed by atoms with Crippen molar-refractivity contribution in [1.29, 1.82) is 0 Å². The van der Waals surface area contributed by atoms with Gasteiger partial charge in [-0.15, -0.1) is 4.31 Å². The lowest BCUT2D eigenvalue weighted by Gasteiger charge is -2.34. The highest BCUT2D eigenvalue weighted by molar-refractivity contribution is 7.90. The van der Waals surface area contributed by atoms with Crippen LogP contribution < -0.4 is 0 Å². The lowest BCUT2D eigenvalue weighted by molar-refractivity contribution is 0.345. The van der Waals surface area contributed by atoms with Crippen molar-refractivity contribution in [1.82, 2.24) is 4.31 Å². The van der Waals surface area contributed by atoms with E-state index in [1.54, 1.807) is 6.26 Å². The molecule has 0 spiro atoms. The largest absolute Gasteiger partial charge is 0.598 e. The van der Waals surface area contributed by atoms with Crippen molar-refractivity contribution >= 4 is 22.3 Å². The van der Waals surface area contributed by atoms with E-state index < -0.39 is 11.4 Å². The molecule has 0 radical (unpaired) electrons. The Balaban J connectivity index is 2.14. The molecule has 0 aliphatic heterocycles. The summed E-state index contributed by atoms with van der Waals surface area (Å²) in [6.07, 6.45) is 3.56. The maximum atomic E-state index is 12.5. The molecule has 2 unspecified atom stereocenters. The molecule has 4 heteroatoms. The summed E-state index contributed by atoms with van der Waals surface area (Å²) >= 11 is -0.995. The Hall–Kier alpha value is -0.970. The van der Waals surface area contributed by atoms with Crippen LogP contribution in [-0.2, 0) is 17.8 Å². The van der Waals surface area contributed by atoms with Crippen LogP contribution in [-0.4, -0.2) is 26.7 Å². The van der Waals surface area contributed by atoms with Gasteiger partial charge in [0.2, 0.25) is 0 Å². The average molecular weight is 307 g/mol. The molecule has 0 saturated heterocycles. The van der Waals surface area contributed by atoms with Gasteiger partial charge in [0.1, 0.15) is 10.3 Å². The van der Waals surface area contributed by atoms with Gasteiger partial charge in [-0.2, -0.15) is 0 Å². The van der Waals surface area contributed by atoms with E-state index in [1.807, 2.05) is 38.2 Å². The molecule has 0 N–H and O–H groups in total. The van der Waals surface area contributed by atoms with Crippen molar-refractivity contribution in [2.45, 2.75) is 51.3 Å². The summed E-state index contributed by atoms with van der Waals surface area (Å²) in [4.78, 5) is 0. The fourth-order valence-corrected chi connectivity index (χ4v) is 3.85. The molecule has 1 aromatic heterocycles. The van der Waals surface area contributed by atoms with Crippen molar-refractivity contribution in [3.63, 3.8) is 0 Å². The number of likely N-dealkylation sites (N-methyl/N-ethyl adjacent to an activating group) is 1. The van der Waals surface area contributed by atoms with Gasteiger partial charge in [0, 0.05) is 23.8 Å². The average Bonchev–Trinajstić information content (AvgIpc) is 2.89. The van der Waals surface area contributed by atoms with E-state index in [0.29, 0.717) is 0 Å². The summed E-state index contributed by atoms with van der Waals surface area (Å²) in [5.41, 5.74) is 2.14. The topological polar surface area (TPSA) is 39.4 Å². The van der Waals surface area contributed by atoms with Crippen LogP contribution in [0.25, 0.3) is 11.0 Å². The molecule has 0 aliphatic rings. The maximum absolute atomic E-state index is 12.5. The SMILES string of the molecule is CCC(Cc1ccc2ccoc2c1)N(C)[S+]([O-])C(C)(C)C. The molecule has 21 heavy (non-hydrogen) atoms. The quantitative estimate of drug-likeness (QED) is 0.779. The standard InChI is InChI=1S/C17H25NO2S/c1-6-15(18(5)21(19)17(2,3)4)11-13-7-8-14-9-10-20-16(14)12-13/h7-10,12,15H,6,11H2,1-5H3. The van der Waals surface area contributed by atoms with Crippen molar-refractivity contribution in [2.75, 3.05) is 7.05 Å². The fraction of sp³-hybridized carbons (Fsp3) is 0.529. The van der Waals surface area contributed by atoms with Gasteiger partial charge in [0.25, 0.3) is 0 Å². The summed E-state index contributed by atoms with van der Waals surface area (Å²) < 4.78 is 19.8. The second kappa shape index (κ2) is 6.42. The molecule has 0 fully saturated rings. The van der Waals surface area contributed by atoms with Gasteiger partial charge in [-0.05, 0) is 51.3 Å². The van der Waals surface area contributed by atoms with Gasteiger partial charge < -0.3 is 8.97 Å². The van der Waals surface area contributed by atoms with E-state index in [2.05, 4.69) is 25.1 Å². The van der Waals surface area contributed by atoms with Gasteiger partial charge in [-0.1, -0.05) is 19.1 Å². The Bertz CT molecular complexity index is 588. The predicted molar refractivity (Wildman–Crippen MR) is 89.7 cm³/mol. The Morgan fingerprint density at radius 3 is 2.62 bits per heavy atom. The Labute approximate surface area is 130 Å². The smallest absolute Gasteiger partial charge is 0.137 e. The van der Waals surface area contributed by atoms with Crippen molar-refractivity contribution in [3.05, 3.63) is 36.1 Å². The third kappa shape index (κ3) is 3.82. The third-order valence-electron chi connectivity index (χ3n) is 3.76. The second-order valence-electron chi connectivity index (χ2n) is 6.47. The number of furan rings is 1. The van der Waals surface area contributed by atoms with Gasteiger partial charge >= 0.3 is 0 Å². The van der Waals surface area contributed by atoms with E-state index in [0.717, 1.165) is 23.8 Å². The summed E-state index contributed by atoms with van der Waals surface area (Å²) in [7, 11) is 1.96. The molecule has 116 valence electrons. The molecule has 1 aromatic carbocycles. The first-order valence-corrected chi connectivity index (χ1v) is 8.54. The normalized spacial score (nSPS) is 15.6. The number of hydrogen-bond acceptors (Lipinski definition) is 3. The fourth-order valence-electron chi connectivity index (χ4n) is 2.50. The van der Waals surface area contributed by atoms with Crippen LogP contribution in [0.4, 0.5) is 0 Å². The first-order valence-electron chi connectivity index (χ1n) is 7.44. The molecule has 0 amide bonds. The number of benzene rings is 1. The van der Waals surface area contributed by atoms with E-state index in [4.69, 9.17) is 4.42 Å². The maximum Gasteiger partial charge on any atom is 0.137 e. The van der Waals surface area contributed by atoms with Gasteiger partial charge in [-0.3, -0.25) is 0 Å². The predicted octanol–water partition coefficient (Wildman–Crippen LogP) is 4.15. The molecule has 2 aromatic rings. The minimum atomic E-state index is -0.995. The Kier molecular flexibility index (Phi) is 5.02. The molecule has 0 saturated carbocycles. The van der Waals surface area contributed by atoms with Crippen LogP contribution >= 0.6 is 0 Å². The van der Waals surface area contributed by atoms with Gasteiger partial charge in [-0.25, -0.2) is 0 Å². The molecular formula is C17H25NO2S. The molecular weight excluding hydrogens is 282 g/mol. The minimum Gasteiger partial charge on any atom is -0.598 e. The van der Waals surface area contributed by atoms with Crippen molar-refractivity contribution < 1.29 is 8.97 Å². The first kappa shape index (κ1) is 16.4. The Morgan fingerprint density at radius 1 is 1.29 bits per heavy atom. The molecule has 3 nitrogen and oxygen atoms in total. The minimum absolute atomic E-state index is 0.229. The Morgan fingerprint density at radius 2 is 2.00 bits per heavy atom. The van der Waals surface area contributed by atoms with E-state index in [-0.39, 0.29) is 10.8 Å². The van der Waals surface area contributed by atoms with E-state index in [1.165, 1.54) is 5.56 Å². The zero-order chi connectivity index (χ0) is 15.6. The summed E-state index contributed by atoms with van der Waals surface area (Å²) in [6, 6.07) is 8.54. The van der Waals surface area contributed by atoms with Crippen LogP contribution in [0.5, 0.6) is 0 Å². The van der Waals surface area contributed by atoms with Crippen LogP contribution in [0.15, 0.2) is 34.9 Å². The van der Waals surface area contributed by atoms with Crippen LogP contribution in [0.1, 0.15) is 39.7 Å². The second-order valence-corrected chi connectivity index (χ2v) is 8.77. The van der Waals surface area contributed by atoms with Crippen molar-refractivity contribution in [2.24, 2.45) is 0 Å². The summed E-state index contributed by atoms with van der Waals surface area (Å²) in [6.45, 7) is 8.19. The molecule has 1 heterocycles. The first-order chi connectivity index (χ1) is 9.82. The monoisotopic (exact) mass is 307 g/mol. The van der Waals surface area contributed by atoms with Crippen LogP contribution in [0.2, 0.25) is 0 Å². The van der Waals surface area contributed by atoms with Gasteiger partial charge in [0.15, 0.2) is 0 Å². The highest BCUT2D eigenvalue weighted by Gasteiger charge is 2.34. The highest BCUT2D eigenvalue weighted by Crippen LogP contribution is 2.25. The summed E-state index contributed by atoms with van der Waals surface area (Å²) in [5.74, 6) is 0. The lowest BCUT2D eigenvalue weighted by atomic mass is 10.0. The van der Waals surface area contributed by atoms with E-state index in [9.17, 15) is 4.55 Å². The number of nitrogens with zero attached hydrogens (tertiary/aromatic N) is 1. The number of fused-ring (bicyclic) bond motifs is 1. The highest BCUT2D eigenvalue weighted by atomic mass is 32.2. The number of rotatable bonds is 5. The molecule has 2 atom stereocenters. The van der Waals surface area contributed by atoms with Gasteiger partial charge in [0.05, 0.1) is 12.3 Å². The summed E-state index contributed by atoms with van der Waals surface area (Å²) in [5, 5.41) is 1.12. The lowest BCUT2D eigenvalue weighted by Crippen LogP contribution is -2.46. The molecule has 2 rings (SSSR count). The van der Waals surface area contributed by atoms with Crippen LogP contribution in [0.3, 0.4) is 0 Å². The van der Waals surface area contributed by atoms with Crippen LogP contribution in [0, 0.1) is 0 Å². The zero-order valence-corrected chi connectivity index (χ0v) is 14.4. The molecule has 0 bridgehead atoms. The zero-order valence-electron chi connectivity index (χ0n) is 13.6. The molecule has 0 aliphatic carbocycles.